The molecule has 12 heteroatoms. The number of aromatic amines is 1. The molecule has 0 spiro atoms. The van der Waals surface area contributed by atoms with E-state index in [2.05, 4.69) is 15.3 Å². The molecule has 0 amide bonds. The van der Waals surface area contributed by atoms with Gasteiger partial charge in [-0.25, -0.2) is 18.3 Å². The Morgan fingerprint density at radius 2 is 2.06 bits per heavy atom. The summed E-state index contributed by atoms with van der Waals surface area (Å²) in [5.74, 6) is -1.66. The summed E-state index contributed by atoms with van der Waals surface area (Å²) in [6.07, 6.45) is -0.976. The zero-order valence-electron chi connectivity index (χ0n) is 18.9. The lowest BCUT2D eigenvalue weighted by molar-refractivity contribution is 0.0614. The Morgan fingerprint density at radius 1 is 1.31 bits per heavy atom. The lowest BCUT2D eigenvalue weighted by atomic mass is 9.93. The van der Waals surface area contributed by atoms with Gasteiger partial charge in [-0.3, -0.25) is 9.48 Å². The lowest BCUT2D eigenvalue weighted by Crippen LogP contribution is -2.50. The van der Waals surface area contributed by atoms with Gasteiger partial charge in [-0.1, -0.05) is 17.7 Å². The zero-order valence-corrected chi connectivity index (χ0v) is 19.7. The molecule has 0 atom stereocenters. The molecule has 0 saturated carbocycles. The molecule has 5 rings (SSSR count). The second kappa shape index (κ2) is 8.96. The monoisotopic (exact) mass is 513 g/mol. The minimum Gasteiger partial charge on any atom is -0.369 e. The summed E-state index contributed by atoms with van der Waals surface area (Å²) in [6.45, 7) is 0.136. The number of benzene rings is 2. The van der Waals surface area contributed by atoms with Crippen molar-refractivity contribution in [1.29, 1.82) is 5.26 Å². The van der Waals surface area contributed by atoms with E-state index in [4.69, 9.17) is 17.3 Å². The third kappa shape index (κ3) is 3.70. The standard InChI is InChI=1S/C24H19ClF3N7O/c1-34-22(16(8-31-34)11-2-3-13-14(4-11)18(7-30)32-33-24(13)36)20-15(6-29)19(5-17(25)21(20)26)35-9-12(10-35)23(27)28/h2-5,8,12,23H,7,9-10,30H2,1H3,(H,33,36). The largest absolute Gasteiger partial charge is 0.369 e. The summed E-state index contributed by atoms with van der Waals surface area (Å²) < 4.78 is 43.1. The number of anilines is 1. The maximum absolute atomic E-state index is 15.5. The van der Waals surface area contributed by atoms with Crippen LogP contribution >= 0.6 is 11.6 Å². The van der Waals surface area contributed by atoms with Crippen molar-refractivity contribution in [3.05, 3.63) is 62.9 Å². The van der Waals surface area contributed by atoms with Crippen LogP contribution < -0.4 is 16.2 Å². The van der Waals surface area contributed by atoms with Crippen molar-refractivity contribution in [2.24, 2.45) is 18.7 Å². The molecule has 184 valence electrons. The SMILES string of the molecule is Cn1ncc(-c2ccc3c(=O)[nH]nc(CN)c3c2)c1-c1c(F)c(Cl)cc(N2CC(C(F)F)C2)c1C#N. The molecule has 4 aromatic rings. The van der Waals surface area contributed by atoms with Crippen LogP contribution in [0.15, 0.2) is 35.3 Å². The van der Waals surface area contributed by atoms with Crippen molar-refractivity contribution in [2.45, 2.75) is 13.0 Å². The first kappa shape index (κ1) is 23.8. The highest BCUT2D eigenvalue weighted by atomic mass is 35.5. The molecular weight excluding hydrogens is 495 g/mol. The normalized spacial score (nSPS) is 13.9. The smallest absolute Gasteiger partial charge is 0.272 e. The Morgan fingerprint density at radius 3 is 2.72 bits per heavy atom. The number of rotatable bonds is 5. The number of nitrogens with two attached hydrogens (primary N) is 1. The second-order valence-corrected chi connectivity index (χ2v) is 8.95. The van der Waals surface area contributed by atoms with Gasteiger partial charge in [-0.2, -0.15) is 15.5 Å². The molecule has 1 aliphatic heterocycles. The van der Waals surface area contributed by atoms with E-state index in [1.165, 1.54) is 16.9 Å². The number of fused-ring (bicyclic) bond motifs is 1. The topological polar surface area (TPSA) is 117 Å². The summed E-state index contributed by atoms with van der Waals surface area (Å²) >= 11 is 6.23. The number of nitrogens with one attached hydrogen (secondary N) is 1. The van der Waals surface area contributed by atoms with Crippen LogP contribution in [0.25, 0.3) is 33.2 Å². The van der Waals surface area contributed by atoms with Gasteiger partial charge in [-0.15, -0.1) is 0 Å². The first-order chi connectivity index (χ1) is 17.2. The predicted molar refractivity (Wildman–Crippen MR) is 129 cm³/mol. The highest BCUT2D eigenvalue weighted by Crippen LogP contribution is 2.43. The van der Waals surface area contributed by atoms with Gasteiger partial charge in [-0.05, 0) is 23.8 Å². The molecule has 36 heavy (non-hydrogen) atoms. The van der Waals surface area contributed by atoms with Gasteiger partial charge >= 0.3 is 0 Å². The fourth-order valence-electron chi connectivity index (χ4n) is 4.55. The van der Waals surface area contributed by atoms with E-state index in [1.807, 2.05) is 6.07 Å². The maximum atomic E-state index is 15.5. The zero-order chi connectivity index (χ0) is 25.7. The van der Waals surface area contributed by atoms with Crippen LogP contribution in [0.4, 0.5) is 18.9 Å². The lowest BCUT2D eigenvalue weighted by Gasteiger charge is -2.41. The van der Waals surface area contributed by atoms with Gasteiger partial charge in [0, 0.05) is 37.6 Å². The van der Waals surface area contributed by atoms with E-state index in [-0.39, 0.29) is 52.7 Å². The van der Waals surface area contributed by atoms with E-state index in [0.29, 0.717) is 27.6 Å². The molecular formula is C24H19ClF3N7O. The van der Waals surface area contributed by atoms with Gasteiger partial charge in [0.1, 0.15) is 6.07 Å². The number of halogens is 4. The van der Waals surface area contributed by atoms with Crippen LogP contribution in [0.2, 0.25) is 5.02 Å². The summed E-state index contributed by atoms with van der Waals surface area (Å²) in [4.78, 5) is 13.8. The molecule has 8 nitrogen and oxygen atoms in total. The number of alkyl halides is 2. The molecule has 1 aliphatic rings. The maximum Gasteiger partial charge on any atom is 0.272 e. The van der Waals surface area contributed by atoms with Crippen molar-refractivity contribution in [3.63, 3.8) is 0 Å². The fourth-order valence-corrected chi connectivity index (χ4v) is 4.75. The van der Waals surface area contributed by atoms with Crippen molar-refractivity contribution in [2.75, 3.05) is 18.0 Å². The first-order valence-electron chi connectivity index (χ1n) is 10.9. The minimum atomic E-state index is -2.49. The third-order valence-corrected chi connectivity index (χ3v) is 6.74. The molecule has 0 radical (unpaired) electrons. The van der Waals surface area contributed by atoms with Gasteiger partial charge < -0.3 is 10.6 Å². The Hall–Kier alpha value is -3.88. The summed E-state index contributed by atoms with van der Waals surface area (Å²) in [6, 6.07) is 8.32. The second-order valence-electron chi connectivity index (χ2n) is 8.55. The number of aromatic nitrogens is 4. The van der Waals surface area contributed by atoms with Crippen LogP contribution in [0.1, 0.15) is 11.3 Å². The van der Waals surface area contributed by atoms with Crippen LogP contribution in [0.5, 0.6) is 0 Å². The minimum absolute atomic E-state index is 0.0279. The van der Waals surface area contributed by atoms with E-state index in [0.717, 1.165) is 0 Å². The van der Waals surface area contributed by atoms with E-state index in [1.54, 1.807) is 30.1 Å². The van der Waals surface area contributed by atoms with Crippen molar-refractivity contribution >= 4 is 28.1 Å². The highest BCUT2D eigenvalue weighted by Gasteiger charge is 2.37. The molecule has 2 aromatic carbocycles. The van der Waals surface area contributed by atoms with E-state index < -0.39 is 18.2 Å². The highest BCUT2D eigenvalue weighted by molar-refractivity contribution is 6.31. The van der Waals surface area contributed by atoms with Gasteiger partial charge in [0.15, 0.2) is 5.82 Å². The van der Waals surface area contributed by atoms with Crippen molar-refractivity contribution in [3.8, 4) is 28.5 Å². The van der Waals surface area contributed by atoms with Crippen LogP contribution in [0.3, 0.4) is 0 Å². The molecule has 3 heterocycles. The number of nitrogens with zero attached hydrogens (tertiary/aromatic N) is 5. The number of nitriles is 1. The van der Waals surface area contributed by atoms with Crippen LogP contribution in [-0.2, 0) is 13.6 Å². The van der Waals surface area contributed by atoms with Crippen LogP contribution in [0, 0.1) is 23.1 Å². The molecule has 0 unspecified atom stereocenters. The summed E-state index contributed by atoms with van der Waals surface area (Å²) in [7, 11) is 1.59. The molecule has 2 aromatic heterocycles. The van der Waals surface area contributed by atoms with Crippen molar-refractivity contribution in [1.82, 2.24) is 20.0 Å². The van der Waals surface area contributed by atoms with E-state index >= 15 is 4.39 Å². The Bertz CT molecular complexity index is 1600. The Labute approximate surface area is 207 Å². The third-order valence-electron chi connectivity index (χ3n) is 6.46. The van der Waals surface area contributed by atoms with Gasteiger partial charge in [0.05, 0.1) is 50.7 Å². The summed E-state index contributed by atoms with van der Waals surface area (Å²) in [5.41, 5.74) is 7.37. The number of hydrogen-bond acceptors (Lipinski definition) is 6. The predicted octanol–water partition coefficient (Wildman–Crippen LogP) is 3.81. The summed E-state index contributed by atoms with van der Waals surface area (Å²) in [5, 5.41) is 21.4. The van der Waals surface area contributed by atoms with Gasteiger partial charge in [0.2, 0.25) is 6.43 Å². The average Bonchev–Trinajstić information content (AvgIpc) is 3.20. The number of aryl methyl sites for hydroxylation is 1. The van der Waals surface area contributed by atoms with E-state index in [9.17, 15) is 18.8 Å². The molecule has 1 saturated heterocycles. The molecule has 3 N–H and O–H groups in total. The molecule has 1 fully saturated rings. The van der Waals surface area contributed by atoms with Crippen molar-refractivity contribution < 1.29 is 13.2 Å². The Kier molecular flexibility index (Phi) is 5.94. The number of hydrogen-bond donors (Lipinski definition) is 2. The molecule has 0 aliphatic carbocycles. The fraction of sp³-hybridized carbons (Fsp3) is 0.250. The average molecular weight is 514 g/mol. The quantitative estimate of drug-likeness (QED) is 0.419. The molecule has 0 bridgehead atoms. The Balaban J connectivity index is 1.71. The first-order valence-corrected chi connectivity index (χ1v) is 11.3. The van der Waals surface area contributed by atoms with Gasteiger partial charge in [0.25, 0.3) is 5.56 Å². The number of H-pyrrole nitrogens is 1. The van der Waals surface area contributed by atoms with Crippen LogP contribution in [-0.4, -0.2) is 39.5 Å².